The van der Waals surface area contributed by atoms with Crippen molar-refractivity contribution in [2.75, 3.05) is 12.3 Å². The van der Waals surface area contributed by atoms with Crippen molar-refractivity contribution in [2.45, 2.75) is 19.7 Å². The minimum Gasteiger partial charge on any atom is -0.466 e. The molecule has 0 aliphatic carbocycles. The quantitative estimate of drug-likeness (QED) is 0.675. The molecule has 0 amide bonds. The van der Waals surface area contributed by atoms with Gasteiger partial charge in [-0.15, -0.1) is 13.2 Å². The second-order valence-corrected chi connectivity index (χ2v) is 4.37. The van der Waals surface area contributed by atoms with Gasteiger partial charge in [-0.3, -0.25) is 4.79 Å². The Morgan fingerprint density at radius 2 is 2.05 bits per heavy atom. The van der Waals surface area contributed by atoms with Crippen LogP contribution in [0.5, 0.6) is 5.75 Å². The first-order chi connectivity index (χ1) is 8.73. The van der Waals surface area contributed by atoms with Gasteiger partial charge in [-0.1, -0.05) is 0 Å². The highest BCUT2D eigenvalue weighted by Crippen LogP contribution is 2.34. The van der Waals surface area contributed by atoms with Crippen molar-refractivity contribution in [2.24, 2.45) is 0 Å². The lowest BCUT2D eigenvalue weighted by molar-refractivity contribution is -0.274. The molecule has 8 heteroatoms. The molecule has 0 aromatic heterocycles. The minimum absolute atomic E-state index is 0.0236. The molecular formula is C11H11BrF3NO3. The number of rotatable bonds is 4. The molecule has 0 atom stereocenters. The summed E-state index contributed by atoms with van der Waals surface area (Å²) >= 11 is 2.93. The number of carbonyl (C=O) groups is 1. The molecule has 0 heterocycles. The number of nitrogens with two attached hydrogens (primary N) is 1. The van der Waals surface area contributed by atoms with Gasteiger partial charge in [0, 0.05) is 11.8 Å². The van der Waals surface area contributed by atoms with Crippen LogP contribution in [0.1, 0.15) is 12.5 Å². The maximum Gasteiger partial charge on any atom is 0.573 e. The Hall–Kier alpha value is -1.44. The van der Waals surface area contributed by atoms with Crippen molar-refractivity contribution >= 4 is 27.6 Å². The number of benzene rings is 1. The van der Waals surface area contributed by atoms with Crippen LogP contribution in [0.25, 0.3) is 0 Å². The van der Waals surface area contributed by atoms with E-state index in [9.17, 15) is 18.0 Å². The van der Waals surface area contributed by atoms with E-state index >= 15 is 0 Å². The predicted octanol–water partition coefficient (Wildman–Crippen LogP) is 3.04. The maximum atomic E-state index is 12.1. The average molecular weight is 342 g/mol. The molecule has 0 radical (unpaired) electrons. The van der Waals surface area contributed by atoms with E-state index < -0.39 is 18.1 Å². The molecule has 19 heavy (non-hydrogen) atoms. The molecule has 0 bridgehead atoms. The highest BCUT2D eigenvalue weighted by atomic mass is 79.9. The Morgan fingerprint density at radius 1 is 1.42 bits per heavy atom. The van der Waals surface area contributed by atoms with E-state index in [1.807, 2.05) is 0 Å². The lowest BCUT2D eigenvalue weighted by Crippen LogP contribution is -2.18. The van der Waals surface area contributed by atoms with Gasteiger partial charge in [-0.05, 0) is 34.5 Å². The van der Waals surface area contributed by atoms with Crippen LogP contribution in [-0.4, -0.2) is 18.9 Å². The lowest BCUT2D eigenvalue weighted by Gasteiger charge is -2.13. The molecule has 0 spiro atoms. The topological polar surface area (TPSA) is 61.5 Å². The zero-order valence-electron chi connectivity index (χ0n) is 9.88. The number of hydrogen-bond acceptors (Lipinski definition) is 4. The second kappa shape index (κ2) is 6.14. The van der Waals surface area contributed by atoms with E-state index in [1.54, 1.807) is 6.92 Å². The van der Waals surface area contributed by atoms with E-state index in [2.05, 4.69) is 20.7 Å². The molecule has 1 aromatic rings. The van der Waals surface area contributed by atoms with Gasteiger partial charge in [0.05, 0.1) is 17.5 Å². The Balaban J connectivity index is 2.94. The largest absolute Gasteiger partial charge is 0.573 e. The van der Waals surface area contributed by atoms with Crippen LogP contribution in [0.4, 0.5) is 18.9 Å². The fourth-order valence-corrected chi connectivity index (χ4v) is 1.81. The Labute approximate surface area is 115 Å². The van der Waals surface area contributed by atoms with Crippen LogP contribution in [0.2, 0.25) is 0 Å². The van der Waals surface area contributed by atoms with Crippen LogP contribution < -0.4 is 10.5 Å². The maximum absolute atomic E-state index is 12.1. The summed E-state index contributed by atoms with van der Waals surface area (Å²) in [5.74, 6) is -0.969. The van der Waals surface area contributed by atoms with Crippen LogP contribution in [0.3, 0.4) is 0 Å². The molecule has 0 fully saturated rings. The third-order valence-electron chi connectivity index (χ3n) is 2.06. The molecule has 4 nitrogen and oxygen atoms in total. The molecule has 0 saturated carbocycles. The van der Waals surface area contributed by atoms with E-state index in [0.717, 1.165) is 6.07 Å². The summed E-state index contributed by atoms with van der Waals surface area (Å²) in [6, 6.07) is 2.31. The Kier molecular flexibility index (Phi) is 5.04. The van der Waals surface area contributed by atoms with Gasteiger partial charge in [0.1, 0.15) is 5.75 Å². The fraction of sp³-hybridized carbons (Fsp3) is 0.364. The van der Waals surface area contributed by atoms with E-state index in [-0.39, 0.29) is 23.2 Å². The number of hydrogen-bond donors (Lipinski definition) is 1. The second-order valence-electron chi connectivity index (χ2n) is 3.51. The van der Waals surface area contributed by atoms with Gasteiger partial charge in [-0.2, -0.15) is 0 Å². The summed E-state index contributed by atoms with van der Waals surface area (Å²) in [7, 11) is 0. The summed E-state index contributed by atoms with van der Waals surface area (Å²) in [5, 5.41) is 0. The summed E-state index contributed by atoms with van der Waals surface area (Å²) in [5.41, 5.74) is 5.96. The monoisotopic (exact) mass is 341 g/mol. The zero-order chi connectivity index (χ0) is 14.6. The first-order valence-electron chi connectivity index (χ1n) is 5.22. The van der Waals surface area contributed by atoms with Crippen LogP contribution >= 0.6 is 15.9 Å². The number of anilines is 1. The van der Waals surface area contributed by atoms with Gasteiger partial charge < -0.3 is 15.2 Å². The number of alkyl halides is 3. The van der Waals surface area contributed by atoms with Crippen LogP contribution in [-0.2, 0) is 16.0 Å². The summed E-state index contributed by atoms with van der Waals surface area (Å²) in [6.45, 7) is 1.87. The van der Waals surface area contributed by atoms with Gasteiger partial charge in [0.15, 0.2) is 0 Å². The molecular weight excluding hydrogens is 331 g/mol. The smallest absolute Gasteiger partial charge is 0.466 e. The van der Waals surface area contributed by atoms with Gasteiger partial charge >= 0.3 is 12.3 Å². The van der Waals surface area contributed by atoms with Crippen molar-refractivity contribution in [1.82, 2.24) is 0 Å². The van der Waals surface area contributed by atoms with Crippen molar-refractivity contribution in [3.63, 3.8) is 0 Å². The van der Waals surface area contributed by atoms with Crippen molar-refractivity contribution in [3.8, 4) is 5.75 Å². The third kappa shape index (κ3) is 4.98. The number of ether oxygens (including phenoxy) is 2. The highest BCUT2D eigenvalue weighted by Gasteiger charge is 2.32. The van der Waals surface area contributed by atoms with Gasteiger partial charge in [0.2, 0.25) is 0 Å². The Bertz CT molecular complexity index is 477. The van der Waals surface area contributed by atoms with E-state index in [1.165, 1.54) is 6.07 Å². The molecule has 2 N–H and O–H groups in total. The molecule has 1 aromatic carbocycles. The predicted molar refractivity (Wildman–Crippen MR) is 65.6 cm³/mol. The molecule has 1 rings (SSSR count). The molecule has 0 aliphatic rings. The molecule has 0 saturated heterocycles. The SMILES string of the molecule is CCOC(=O)Cc1cc(Br)c(OC(F)(F)F)cc1N. The average Bonchev–Trinajstić information content (AvgIpc) is 2.23. The molecule has 0 unspecified atom stereocenters. The number of carbonyl (C=O) groups excluding carboxylic acids is 1. The minimum atomic E-state index is -4.81. The van der Waals surface area contributed by atoms with Crippen molar-refractivity contribution < 1.29 is 27.4 Å². The first-order valence-corrected chi connectivity index (χ1v) is 6.01. The number of halogens is 4. The fourth-order valence-electron chi connectivity index (χ4n) is 1.33. The zero-order valence-corrected chi connectivity index (χ0v) is 11.5. The third-order valence-corrected chi connectivity index (χ3v) is 2.68. The Morgan fingerprint density at radius 3 is 2.58 bits per heavy atom. The van der Waals surface area contributed by atoms with Crippen LogP contribution in [0.15, 0.2) is 16.6 Å². The molecule has 0 aliphatic heterocycles. The highest BCUT2D eigenvalue weighted by molar-refractivity contribution is 9.10. The van der Waals surface area contributed by atoms with E-state index in [4.69, 9.17) is 10.5 Å². The number of nitrogen functional groups attached to an aromatic ring is 1. The van der Waals surface area contributed by atoms with Gasteiger partial charge in [0.25, 0.3) is 0 Å². The van der Waals surface area contributed by atoms with Gasteiger partial charge in [-0.25, -0.2) is 0 Å². The summed E-state index contributed by atoms with van der Waals surface area (Å²) in [4.78, 5) is 11.3. The summed E-state index contributed by atoms with van der Waals surface area (Å²) < 4.78 is 44.9. The van der Waals surface area contributed by atoms with Crippen molar-refractivity contribution in [1.29, 1.82) is 0 Å². The van der Waals surface area contributed by atoms with Crippen molar-refractivity contribution in [3.05, 3.63) is 22.2 Å². The number of esters is 1. The standard InChI is InChI=1S/C11H11BrF3NO3/c1-2-18-10(17)4-6-3-7(12)9(5-8(6)16)19-11(13,14)15/h3,5H,2,4,16H2,1H3. The first kappa shape index (κ1) is 15.6. The lowest BCUT2D eigenvalue weighted by atomic mass is 10.1. The van der Waals surface area contributed by atoms with Crippen LogP contribution in [0, 0.1) is 0 Å². The normalized spacial score (nSPS) is 11.2. The molecule has 106 valence electrons. The van der Waals surface area contributed by atoms with E-state index in [0.29, 0.717) is 5.56 Å². The summed E-state index contributed by atoms with van der Waals surface area (Å²) in [6.07, 6.45) is -4.93.